The molecule has 7 aromatic heterocycles. The molecule has 3 atom stereocenters. The second-order valence-electron chi connectivity index (χ2n) is 25.0. The molecule has 0 aliphatic carbocycles. The van der Waals surface area contributed by atoms with Crippen molar-refractivity contribution < 1.29 is 80.8 Å². The van der Waals surface area contributed by atoms with Crippen molar-refractivity contribution in [2.24, 2.45) is 5.73 Å². The molecule has 588 valence electrons. The smallest absolute Gasteiger partial charge is 0.323 e. The number of nitrogens with one attached hydrogen (secondary N) is 7. The van der Waals surface area contributed by atoms with Crippen molar-refractivity contribution in [3.63, 3.8) is 0 Å². The number of imide groups is 3. The summed E-state index contributed by atoms with van der Waals surface area (Å²) in [6, 6.07) is 32.7. The van der Waals surface area contributed by atoms with E-state index in [-0.39, 0.29) is 90.9 Å². The zero-order chi connectivity index (χ0) is 83.7. The Bertz CT molecular complexity index is 5920. The molecule has 10 aromatic rings. The highest BCUT2D eigenvalue weighted by Gasteiger charge is 2.55. The number of ether oxygens (including phenoxy) is 5. The first kappa shape index (κ1) is 83.1. The zero-order valence-corrected chi connectivity index (χ0v) is 67.8. The van der Waals surface area contributed by atoms with Crippen molar-refractivity contribution in [3.05, 3.63) is 230 Å². The lowest BCUT2D eigenvalue weighted by atomic mass is 9.95. The average molecular weight is 1880 g/mol. The normalized spacial score (nSPS) is 17.5. The summed E-state index contributed by atoms with van der Waals surface area (Å²) in [5.74, 6) is 3.51. The van der Waals surface area contributed by atoms with Gasteiger partial charge in [-0.1, -0.05) is 43.8 Å². The molecule has 16 rings (SSSR count). The first-order chi connectivity index (χ1) is 55.5. The first-order valence-electron chi connectivity index (χ1n) is 33.5. The topological polar surface area (TPSA) is 456 Å². The second kappa shape index (κ2) is 35.1. The van der Waals surface area contributed by atoms with Crippen LogP contribution in [0.1, 0.15) is 65.0 Å². The summed E-state index contributed by atoms with van der Waals surface area (Å²) < 4.78 is 39.7. The van der Waals surface area contributed by atoms with Gasteiger partial charge in [0.1, 0.15) is 54.1 Å². The number of methoxy groups -OCH3 is 5. The summed E-state index contributed by atoms with van der Waals surface area (Å²) >= 11 is 11.6. The number of fused-ring (bicyclic) bond motifs is 5. The molecule has 116 heavy (non-hydrogen) atoms. The van der Waals surface area contributed by atoms with Gasteiger partial charge in [0, 0.05) is 80.3 Å². The number of aromatic nitrogens is 5. The number of benzene rings is 3. The third-order valence-corrected chi connectivity index (χ3v) is 20.3. The Hall–Kier alpha value is -13.8. The Labute approximate surface area is 696 Å². The molecule has 3 aromatic carbocycles. The van der Waals surface area contributed by atoms with Gasteiger partial charge in [0.05, 0.1) is 55.2 Å². The quantitative estimate of drug-likeness (QED) is 0.00929. The van der Waals surface area contributed by atoms with Crippen molar-refractivity contribution in [2.75, 3.05) is 55.2 Å². The van der Waals surface area contributed by atoms with Crippen LogP contribution in [0.5, 0.6) is 34.5 Å². The molecule has 6 aliphatic heterocycles. The minimum atomic E-state index is -1.64. The van der Waals surface area contributed by atoms with Gasteiger partial charge >= 0.3 is 18.1 Å². The van der Waals surface area contributed by atoms with E-state index in [0.29, 0.717) is 83.5 Å². The summed E-state index contributed by atoms with van der Waals surface area (Å²) in [7, 11) is 7.72. The Morgan fingerprint density at radius 3 is 1.31 bits per heavy atom. The van der Waals surface area contributed by atoms with Gasteiger partial charge in [-0.15, -0.1) is 21.4 Å². The predicted octanol–water partition coefficient (Wildman–Crippen LogP) is 9.71. The summed E-state index contributed by atoms with van der Waals surface area (Å²) in [5, 5.41) is 30.7. The van der Waals surface area contributed by atoms with Crippen LogP contribution in [0, 0.1) is 41.2 Å². The van der Waals surface area contributed by atoms with Gasteiger partial charge in [-0.25, -0.2) is 24.4 Å². The van der Waals surface area contributed by atoms with E-state index in [1.54, 1.807) is 93.1 Å². The molecule has 6 aliphatic rings. The van der Waals surface area contributed by atoms with Crippen LogP contribution in [0.25, 0.3) is 36.7 Å². The number of urea groups is 3. The Balaban J connectivity index is 0.000000146. The number of nitrogens with two attached hydrogens (primary N) is 1. The largest absolute Gasteiger partial charge is 0.503 e. The highest BCUT2D eigenvalue weighted by atomic mass is 127. The predicted molar refractivity (Wildman–Crippen MR) is 429 cm³/mol. The number of rotatable bonds is 14. The van der Waals surface area contributed by atoms with E-state index in [1.165, 1.54) is 72.4 Å². The monoisotopic (exact) mass is 1870 g/mol. The van der Waals surface area contributed by atoms with E-state index in [9.17, 15) is 43.2 Å². The number of carbonyl (C=O) groups is 9. The van der Waals surface area contributed by atoms with Gasteiger partial charge in [-0.05, 0) is 152 Å². The highest BCUT2D eigenvalue weighted by molar-refractivity contribution is 14.1. The van der Waals surface area contributed by atoms with E-state index in [4.69, 9.17) is 74.9 Å². The molecule has 0 radical (unpaired) electrons. The van der Waals surface area contributed by atoms with Gasteiger partial charge in [-0.2, -0.15) is 0 Å². The lowest BCUT2D eigenvalue weighted by Gasteiger charge is -2.28. The number of nitrogen functional groups attached to an aromatic ring is 1. The molecular weight excluding hydrogens is 1820 g/mol. The molecule has 36 nitrogen and oxygen atoms in total. The summed E-state index contributed by atoms with van der Waals surface area (Å²) in [5.41, 5.74) is 6.25. The fraction of sp³-hybridized carbons (Fsp3) is 0.184. The van der Waals surface area contributed by atoms with Crippen molar-refractivity contribution in [1.29, 1.82) is 5.41 Å². The fourth-order valence-corrected chi connectivity index (χ4v) is 14.3. The zero-order valence-electron chi connectivity index (χ0n) is 60.9. The maximum atomic E-state index is 13.1. The summed E-state index contributed by atoms with van der Waals surface area (Å²) in [4.78, 5) is 146. The van der Waals surface area contributed by atoms with E-state index in [2.05, 4.69) is 148 Å². The van der Waals surface area contributed by atoms with Gasteiger partial charge in [0.15, 0.2) is 50.5 Å². The lowest BCUT2D eigenvalue weighted by Crippen LogP contribution is -2.54. The maximum absolute atomic E-state index is 13.1. The molecular formula is C76H59Br3IN19O17. The molecule has 10 N–H and O–H groups in total. The molecule has 40 heteroatoms. The van der Waals surface area contributed by atoms with Gasteiger partial charge in [0.25, 0.3) is 52.9 Å². The summed E-state index contributed by atoms with van der Waals surface area (Å²) in [6.45, 7) is 20.8. The van der Waals surface area contributed by atoms with Crippen LogP contribution in [0.15, 0.2) is 150 Å². The number of halogens is 4. The van der Waals surface area contributed by atoms with Crippen LogP contribution >= 0.6 is 70.4 Å². The molecule has 0 spiro atoms. The van der Waals surface area contributed by atoms with Crippen molar-refractivity contribution >= 4 is 169 Å². The van der Waals surface area contributed by atoms with Crippen molar-refractivity contribution in [3.8, 4) is 46.8 Å². The molecule has 0 saturated carbocycles. The van der Waals surface area contributed by atoms with Crippen LogP contribution in [0.4, 0.5) is 31.8 Å². The molecule has 13 heterocycles. The first-order valence-corrected chi connectivity index (χ1v) is 36.9. The Kier molecular flexibility index (Phi) is 25.1. The van der Waals surface area contributed by atoms with Crippen LogP contribution in [-0.4, -0.2) is 165 Å². The van der Waals surface area contributed by atoms with Gasteiger partial charge in [-0.3, -0.25) is 50.1 Å². The number of aromatic hydroxyl groups is 1. The number of nitrogens with zero attached hydrogens (tertiary/aromatic N) is 11. The van der Waals surface area contributed by atoms with Crippen LogP contribution < -0.4 is 61.3 Å². The third kappa shape index (κ3) is 17.5. The van der Waals surface area contributed by atoms with E-state index >= 15 is 0 Å². The lowest BCUT2D eigenvalue weighted by molar-refractivity contribution is -0.126. The van der Waals surface area contributed by atoms with Crippen LogP contribution in [0.2, 0.25) is 0 Å². The maximum Gasteiger partial charge on any atom is 0.323 e. The number of hydrogen-bond acceptors (Lipinski definition) is 23. The number of pyridine rings is 5. The van der Waals surface area contributed by atoms with Crippen LogP contribution in [0.3, 0.4) is 0 Å². The Morgan fingerprint density at radius 2 is 0.922 bits per heavy atom. The Morgan fingerprint density at radius 1 is 0.526 bits per heavy atom. The highest BCUT2D eigenvalue weighted by Crippen LogP contribution is 2.39. The summed E-state index contributed by atoms with van der Waals surface area (Å²) in [6.07, 6.45) is 5.41. The van der Waals surface area contributed by atoms with Crippen LogP contribution in [-0.2, 0) is 45.1 Å². The molecule has 0 unspecified atom stereocenters. The molecule has 12 amide bonds. The van der Waals surface area contributed by atoms with Crippen molar-refractivity contribution in [2.45, 2.75) is 36.3 Å². The van der Waals surface area contributed by atoms with E-state index in [0.717, 1.165) is 30.7 Å². The standard InChI is InChI=1S/C21H18N6O5.C21H15N5O5.C15H13N3O4.C7H5BrN2O.C6H5BrINO.C6H3BrN2O/c1-31-11-3-2-10-8-27(18(28)12(10)6-11)9-21(19(29)25-20(30)26-21)16-7-14-15(32-16)5-4-13(24-14)17(22)23;1-22-17-6-5-15-14(23-17)8-16(31-15)21(19(28)24-20(29)25-21)10-26-9-11-3-4-12(30-2)7-13(11)18(26)27;1-3-15(13(20)16-14(21)17-15)8-18-7-9-4-5-10(22-2)6-11(9)12(18)19;1-9-6-4-3-5(11-2)7(8)10-6;1-10-4-2-3-5(8)9-6(4)7;1-8-5-3-2-4(10)6(7)9-5/h2-7H,8-9H2,1H3,(H3,22,23)(H2,25,26,29,30);3-8H,9-10H2,2H3,(H2,24,25,28,29);1,4-6H,7-8H2,2H3,(H2,16,17,20,21);3-4H,2H3;2-3H,1H3;2-3,10H/t2*21-;15-;;;/m001.../s1. The van der Waals surface area contributed by atoms with E-state index < -0.39 is 52.4 Å². The van der Waals surface area contributed by atoms with Gasteiger partial charge in [0.2, 0.25) is 9.21 Å². The number of hydrogen-bond donors (Lipinski definition) is 9. The third-order valence-electron chi connectivity index (χ3n) is 18.0. The van der Waals surface area contributed by atoms with Gasteiger partial charge < -0.3 is 88.5 Å². The number of furan rings is 2. The number of amides is 12. The SMILES string of the molecule is C#C[C@]1(CN2Cc3ccc(OC)cc3C2=O)NC(=O)NC1=O.COc1ccc(I)nc1Br.COc1ccc2c(c1)C(=O)N(C[C@@]1(c3cc4nc(C(=N)N)ccc4o3)NC(=O)NC1=O)C2.[C-]#[N+]c1ccc(O)c(Br)n1.[C-]#[N+]c1ccc(OC)c(Br)n1.[C-]#[N+]c1ccc2oc([C@]3(CN4Cc5ccc(OC)cc5C4=O)NC(=O)NC3=O)cc2n1. The number of carbonyl (C=O) groups excluding carboxylic acids is 9. The minimum Gasteiger partial charge on any atom is -0.503 e. The number of amidine groups is 1. The molecule has 0 bridgehead atoms. The fourth-order valence-electron chi connectivity index (χ4n) is 12.2. The van der Waals surface area contributed by atoms with Crippen molar-refractivity contribution in [1.82, 2.24) is 71.5 Å². The second-order valence-corrected chi connectivity index (χ2v) is 28.4. The average Bonchev–Trinajstić information content (AvgIpc) is 1.61. The number of terminal acetylenes is 1. The molecule has 3 fully saturated rings. The van der Waals surface area contributed by atoms with E-state index in [1.807, 2.05) is 12.1 Å². The molecule has 3 saturated heterocycles. The minimum absolute atomic E-state index is 0.0485.